The minimum absolute atomic E-state index is 0.0962. The van der Waals surface area contributed by atoms with Gasteiger partial charge in [-0.2, -0.15) is 0 Å². The van der Waals surface area contributed by atoms with E-state index in [0.717, 1.165) is 18.8 Å². The minimum Gasteiger partial charge on any atom is -0.395 e. The summed E-state index contributed by atoms with van der Waals surface area (Å²) in [5.74, 6) is 0.739. The first-order valence-corrected chi connectivity index (χ1v) is 5.09. The number of aromatic nitrogens is 2. The van der Waals surface area contributed by atoms with Gasteiger partial charge in [-0.25, -0.2) is 4.98 Å². The maximum atomic E-state index is 8.90. The van der Waals surface area contributed by atoms with Gasteiger partial charge in [0.15, 0.2) is 0 Å². The molecule has 0 spiro atoms. The lowest BCUT2D eigenvalue weighted by Crippen LogP contribution is -2.28. The Morgan fingerprint density at radius 2 is 2.00 bits per heavy atom. The molecule has 0 amide bonds. The summed E-state index contributed by atoms with van der Waals surface area (Å²) < 4.78 is 0. The number of rotatable bonds is 6. The van der Waals surface area contributed by atoms with E-state index in [4.69, 9.17) is 10.2 Å². The van der Waals surface area contributed by atoms with Crippen molar-refractivity contribution >= 4 is 5.82 Å². The zero-order chi connectivity index (χ0) is 11.1. The van der Waals surface area contributed by atoms with E-state index < -0.39 is 0 Å². The average molecular weight is 211 g/mol. The SMILES string of the molecule is CCCN(CCO)c1cnc(CO)cn1. The van der Waals surface area contributed by atoms with Crippen LogP contribution < -0.4 is 4.90 Å². The topological polar surface area (TPSA) is 69.5 Å². The monoisotopic (exact) mass is 211 g/mol. The van der Waals surface area contributed by atoms with Crippen LogP contribution >= 0.6 is 0 Å². The molecule has 0 saturated carbocycles. The van der Waals surface area contributed by atoms with Crippen LogP contribution in [0.3, 0.4) is 0 Å². The fourth-order valence-corrected chi connectivity index (χ4v) is 1.32. The molecule has 0 saturated heterocycles. The summed E-state index contributed by atoms with van der Waals surface area (Å²) in [7, 11) is 0. The van der Waals surface area contributed by atoms with Gasteiger partial charge in [0.25, 0.3) is 0 Å². The van der Waals surface area contributed by atoms with E-state index in [1.165, 1.54) is 0 Å². The second-order valence-electron chi connectivity index (χ2n) is 3.23. The van der Waals surface area contributed by atoms with Gasteiger partial charge in [0.1, 0.15) is 5.82 Å². The lowest BCUT2D eigenvalue weighted by molar-refractivity contribution is 0.276. The fourth-order valence-electron chi connectivity index (χ4n) is 1.32. The van der Waals surface area contributed by atoms with E-state index in [9.17, 15) is 0 Å². The molecule has 0 aromatic carbocycles. The number of anilines is 1. The molecular weight excluding hydrogens is 194 g/mol. The highest BCUT2D eigenvalue weighted by atomic mass is 16.3. The molecule has 1 aromatic rings. The number of hydrogen-bond donors (Lipinski definition) is 2. The van der Waals surface area contributed by atoms with E-state index in [0.29, 0.717) is 12.2 Å². The van der Waals surface area contributed by atoms with Crippen molar-refractivity contribution in [1.29, 1.82) is 0 Å². The van der Waals surface area contributed by atoms with Crippen molar-refractivity contribution in [3.05, 3.63) is 18.1 Å². The normalized spacial score (nSPS) is 10.3. The van der Waals surface area contributed by atoms with Gasteiger partial charge in [-0.3, -0.25) is 4.98 Å². The highest BCUT2D eigenvalue weighted by Gasteiger charge is 2.06. The Morgan fingerprint density at radius 1 is 1.20 bits per heavy atom. The van der Waals surface area contributed by atoms with Gasteiger partial charge >= 0.3 is 0 Å². The van der Waals surface area contributed by atoms with Crippen molar-refractivity contribution in [2.24, 2.45) is 0 Å². The smallest absolute Gasteiger partial charge is 0.147 e. The van der Waals surface area contributed by atoms with Crippen LogP contribution in [0.4, 0.5) is 5.82 Å². The van der Waals surface area contributed by atoms with E-state index in [2.05, 4.69) is 16.9 Å². The van der Waals surface area contributed by atoms with Crippen LogP contribution in [-0.4, -0.2) is 39.9 Å². The molecular formula is C10H17N3O2. The first-order chi connectivity index (χ1) is 7.31. The number of aliphatic hydroxyl groups excluding tert-OH is 2. The Kier molecular flexibility index (Phi) is 5.00. The molecule has 0 aliphatic heterocycles. The Labute approximate surface area is 89.4 Å². The van der Waals surface area contributed by atoms with Gasteiger partial charge in [0, 0.05) is 13.1 Å². The molecule has 0 aliphatic rings. The lowest BCUT2D eigenvalue weighted by Gasteiger charge is -2.21. The molecule has 5 nitrogen and oxygen atoms in total. The Balaban J connectivity index is 2.72. The molecule has 2 N–H and O–H groups in total. The van der Waals surface area contributed by atoms with Crippen LogP contribution in [0.5, 0.6) is 0 Å². The van der Waals surface area contributed by atoms with Crippen LogP contribution in [0.25, 0.3) is 0 Å². The molecule has 1 aromatic heterocycles. The van der Waals surface area contributed by atoms with E-state index in [-0.39, 0.29) is 13.2 Å². The third kappa shape index (κ3) is 3.45. The third-order valence-corrected chi connectivity index (χ3v) is 2.04. The summed E-state index contributed by atoms with van der Waals surface area (Å²) in [6.45, 7) is 3.47. The summed E-state index contributed by atoms with van der Waals surface area (Å²) in [5.41, 5.74) is 0.555. The molecule has 15 heavy (non-hydrogen) atoms. The summed E-state index contributed by atoms with van der Waals surface area (Å²) >= 11 is 0. The van der Waals surface area contributed by atoms with Crippen molar-refractivity contribution in [2.45, 2.75) is 20.0 Å². The van der Waals surface area contributed by atoms with E-state index in [1.54, 1.807) is 12.4 Å². The number of hydrogen-bond acceptors (Lipinski definition) is 5. The average Bonchev–Trinajstić information content (AvgIpc) is 2.29. The van der Waals surface area contributed by atoms with Crippen molar-refractivity contribution in [1.82, 2.24) is 9.97 Å². The molecule has 0 radical (unpaired) electrons. The van der Waals surface area contributed by atoms with Crippen molar-refractivity contribution in [3.63, 3.8) is 0 Å². The Hall–Kier alpha value is -1.20. The van der Waals surface area contributed by atoms with Crippen LogP contribution in [0.15, 0.2) is 12.4 Å². The predicted molar refractivity (Wildman–Crippen MR) is 57.5 cm³/mol. The second-order valence-corrected chi connectivity index (χ2v) is 3.23. The van der Waals surface area contributed by atoms with Crippen molar-refractivity contribution in [3.8, 4) is 0 Å². The molecule has 0 atom stereocenters. The number of nitrogens with zero attached hydrogens (tertiary/aromatic N) is 3. The maximum Gasteiger partial charge on any atom is 0.147 e. The highest BCUT2D eigenvalue weighted by Crippen LogP contribution is 2.08. The van der Waals surface area contributed by atoms with Gasteiger partial charge in [-0.15, -0.1) is 0 Å². The van der Waals surface area contributed by atoms with Crippen LogP contribution in [-0.2, 0) is 6.61 Å². The quantitative estimate of drug-likeness (QED) is 0.702. The fraction of sp³-hybridized carbons (Fsp3) is 0.600. The van der Waals surface area contributed by atoms with Gasteiger partial charge in [-0.05, 0) is 6.42 Å². The Morgan fingerprint density at radius 3 is 2.47 bits per heavy atom. The Bertz CT molecular complexity index is 271. The summed E-state index contributed by atoms with van der Waals surface area (Å²) in [5, 5.41) is 17.7. The molecule has 0 bridgehead atoms. The standard InChI is InChI=1S/C10H17N3O2/c1-2-3-13(4-5-14)10-7-11-9(8-15)6-12-10/h6-7,14-15H,2-5,8H2,1H3. The van der Waals surface area contributed by atoms with Crippen molar-refractivity contribution < 1.29 is 10.2 Å². The van der Waals surface area contributed by atoms with Gasteiger partial charge in [0.2, 0.25) is 0 Å². The highest BCUT2D eigenvalue weighted by molar-refractivity contribution is 5.35. The minimum atomic E-state index is -0.0962. The van der Waals surface area contributed by atoms with Crippen LogP contribution in [0.2, 0.25) is 0 Å². The van der Waals surface area contributed by atoms with Gasteiger partial charge < -0.3 is 15.1 Å². The molecule has 0 unspecified atom stereocenters. The molecule has 5 heteroatoms. The molecule has 1 heterocycles. The third-order valence-electron chi connectivity index (χ3n) is 2.04. The van der Waals surface area contributed by atoms with E-state index >= 15 is 0 Å². The first-order valence-electron chi connectivity index (χ1n) is 5.09. The summed E-state index contributed by atoms with van der Waals surface area (Å²) in [6.07, 6.45) is 4.16. The molecule has 1 rings (SSSR count). The van der Waals surface area contributed by atoms with Crippen LogP contribution in [0.1, 0.15) is 19.0 Å². The number of aliphatic hydroxyl groups is 2. The molecule has 84 valence electrons. The zero-order valence-electron chi connectivity index (χ0n) is 8.93. The molecule has 0 aliphatic carbocycles. The maximum absolute atomic E-state index is 8.90. The van der Waals surface area contributed by atoms with Gasteiger partial charge in [-0.1, -0.05) is 6.92 Å². The largest absolute Gasteiger partial charge is 0.395 e. The zero-order valence-corrected chi connectivity index (χ0v) is 8.93. The summed E-state index contributed by atoms with van der Waals surface area (Å²) in [4.78, 5) is 10.2. The van der Waals surface area contributed by atoms with Crippen molar-refractivity contribution in [2.75, 3.05) is 24.6 Å². The predicted octanol–water partition coefficient (Wildman–Crippen LogP) is 0.178. The second kappa shape index (κ2) is 6.31. The van der Waals surface area contributed by atoms with Crippen LogP contribution in [0, 0.1) is 0 Å². The first kappa shape index (κ1) is 11.9. The molecule has 0 fully saturated rings. The summed E-state index contributed by atoms with van der Waals surface area (Å²) in [6, 6.07) is 0. The van der Waals surface area contributed by atoms with E-state index in [1.807, 2.05) is 4.90 Å². The van der Waals surface area contributed by atoms with Gasteiger partial charge in [0.05, 0.1) is 31.3 Å². The lowest BCUT2D eigenvalue weighted by atomic mass is 10.4.